The Balaban J connectivity index is 2.03. The molecule has 1 aromatic carbocycles. The van der Waals surface area contributed by atoms with Gasteiger partial charge in [0.15, 0.2) is 0 Å². The summed E-state index contributed by atoms with van der Waals surface area (Å²) >= 11 is 1.69. The molecule has 0 aliphatic heterocycles. The van der Waals surface area contributed by atoms with Gasteiger partial charge in [-0.05, 0) is 36.6 Å². The zero-order valence-electron chi connectivity index (χ0n) is 10.5. The van der Waals surface area contributed by atoms with Crippen molar-refractivity contribution in [2.45, 2.75) is 30.8 Å². The molecule has 0 atom stereocenters. The second-order valence-corrected chi connectivity index (χ2v) is 5.90. The zero-order chi connectivity index (χ0) is 13.0. The average molecular weight is 262 g/mol. The fraction of sp³-hybridized carbons (Fsp3) is 0.500. The van der Waals surface area contributed by atoms with Gasteiger partial charge in [-0.1, -0.05) is 13.0 Å². The molecule has 0 bridgehead atoms. The summed E-state index contributed by atoms with van der Waals surface area (Å²) in [6, 6.07) is 8.21. The lowest BCUT2D eigenvalue weighted by molar-refractivity contribution is 0.0487. The van der Waals surface area contributed by atoms with Gasteiger partial charge in [0, 0.05) is 11.4 Å². The van der Waals surface area contributed by atoms with E-state index >= 15 is 0 Å². The highest BCUT2D eigenvalue weighted by molar-refractivity contribution is 7.99. The van der Waals surface area contributed by atoms with Gasteiger partial charge in [-0.15, -0.1) is 11.8 Å². The van der Waals surface area contributed by atoms with E-state index in [1.54, 1.807) is 11.8 Å². The molecule has 2 rings (SSSR count). The summed E-state index contributed by atoms with van der Waals surface area (Å²) in [5.74, 6) is 1.50. The predicted molar refractivity (Wildman–Crippen MR) is 74.8 cm³/mol. The van der Waals surface area contributed by atoms with Gasteiger partial charge >= 0.3 is 0 Å². The third kappa shape index (κ3) is 2.98. The van der Waals surface area contributed by atoms with Crippen LogP contribution in [0.25, 0.3) is 0 Å². The molecule has 1 fully saturated rings. The van der Waals surface area contributed by atoms with Gasteiger partial charge in [-0.25, -0.2) is 0 Å². The molecule has 0 radical (unpaired) electrons. The van der Waals surface area contributed by atoms with E-state index in [1.165, 1.54) is 0 Å². The Bertz CT molecular complexity index is 450. The molecule has 1 aliphatic rings. The van der Waals surface area contributed by atoms with Crippen LogP contribution in [-0.4, -0.2) is 23.5 Å². The van der Waals surface area contributed by atoms with E-state index in [1.807, 2.05) is 18.2 Å². The minimum atomic E-state index is -0.116. The second kappa shape index (κ2) is 6.12. The molecule has 3 nitrogen and oxygen atoms in total. The van der Waals surface area contributed by atoms with Crippen LogP contribution in [0.4, 0.5) is 5.69 Å². The molecule has 1 aromatic rings. The minimum Gasteiger partial charge on any atom is -0.393 e. The van der Waals surface area contributed by atoms with Gasteiger partial charge in [-0.3, -0.25) is 0 Å². The van der Waals surface area contributed by atoms with Crippen molar-refractivity contribution < 1.29 is 5.11 Å². The first kappa shape index (κ1) is 13.3. The number of hydrogen-bond acceptors (Lipinski definition) is 4. The summed E-state index contributed by atoms with van der Waals surface area (Å²) in [6.07, 6.45) is 1.63. The molecule has 96 valence electrons. The molecule has 0 aromatic heterocycles. The molecular formula is C14H18N2OS. The van der Waals surface area contributed by atoms with E-state index < -0.39 is 0 Å². The van der Waals surface area contributed by atoms with Crippen molar-refractivity contribution in [3.8, 4) is 6.07 Å². The Hall–Kier alpha value is -1.18. The minimum absolute atomic E-state index is 0.116. The standard InChI is InChI=1S/C14H18N2OS/c1-2-18-14-5-3-4-13(12(14)8-15)16-9-10-6-11(17)7-10/h3-5,10-11,16-17H,2,6-7,9H2,1H3. The van der Waals surface area contributed by atoms with Crippen molar-refractivity contribution in [1.29, 1.82) is 5.26 Å². The second-order valence-electron chi connectivity index (χ2n) is 4.60. The van der Waals surface area contributed by atoms with Crippen LogP contribution in [-0.2, 0) is 0 Å². The summed E-state index contributed by atoms with van der Waals surface area (Å²) < 4.78 is 0. The van der Waals surface area contributed by atoms with Crippen molar-refractivity contribution in [3.63, 3.8) is 0 Å². The van der Waals surface area contributed by atoms with Gasteiger partial charge in [0.2, 0.25) is 0 Å². The van der Waals surface area contributed by atoms with Crippen LogP contribution in [0.15, 0.2) is 23.1 Å². The number of benzene rings is 1. The SMILES string of the molecule is CCSc1cccc(NCC2CC(O)C2)c1C#N. The highest BCUT2D eigenvalue weighted by Crippen LogP contribution is 2.30. The van der Waals surface area contributed by atoms with Crippen LogP contribution in [0.3, 0.4) is 0 Å². The first-order valence-corrected chi connectivity index (χ1v) is 7.31. The molecule has 1 saturated carbocycles. The normalized spacial score (nSPS) is 22.1. The third-order valence-corrected chi connectivity index (χ3v) is 4.17. The molecular weight excluding hydrogens is 244 g/mol. The number of nitrogens with one attached hydrogen (secondary N) is 1. The van der Waals surface area contributed by atoms with E-state index in [2.05, 4.69) is 18.3 Å². The van der Waals surface area contributed by atoms with Gasteiger partial charge in [0.25, 0.3) is 0 Å². The third-order valence-electron chi connectivity index (χ3n) is 3.23. The number of anilines is 1. The lowest BCUT2D eigenvalue weighted by Gasteiger charge is -2.31. The summed E-state index contributed by atoms with van der Waals surface area (Å²) in [4.78, 5) is 1.04. The fourth-order valence-corrected chi connectivity index (χ4v) is 2.98. The van der Waals surface area contributed by atoms with E-state index in [-0.39, 0.29) is 6.10 Å². The molecule has 0 unspecified atom stereocenters. The molecule has 18 heavy (non-hydrogen) atoms. The predicted octanol–water partition coefficient (Wildman–Crippen LogP) is 2.85. The van der Waals surface area contributed by atoms with Crippen molar-refractivity contribution in [2.24, 2.45) is 5.92 Å². The number of rotatable bonds is 5. The van der Waals surface area contributed by atoms with Crippen LogP contribution in [0.1, 0.15) is 25.3 Å². The van der Waals surface area contributed by atoms with Gasteiger partial charge in [0.05, 0.1) is 17.4 Å². The molecule has 2 N–H and O–H groups in total. The maximum absolute atomic E-state index is 9.26. The van der Waals surface area contributed by atoms with E-state index in [4.69, 9.17) is 0 Å². The lowest BCUT2D eigenvalue weighted by Crippen LogP contribution is -2.33. The number of aliphatic hydroxyl groups is 1. The van der Waals surface area contributed by atoms with Crippen LogP contribution >= 0.6 is 11.8 Å². The van der Waals surface area contributed by atoms with Gasteiger partial charge < -0.3 is 10.4 Å². The van der Waals surface area contributed by atoms with Crippen LogP contribution in [0.2, 0.25) is 0 Å². The molecule has 0 heterocycles. The molecule has 0 amide bonds. The van der Waals surface area contributed by atoms with Crippen LogP contribution in [0.5, 0.6) is 0 Å². The van der Waals surface area contributed by atoms with Crippen molar-refractivity contribution >= 4 is 17.4 Å². The summed E-state index contributed by atoms with van der Waals surface area (Å²) in [6.45, 7) is 2.92. The maximum Gasteiger partial charge on any atom is 0.102 e. The quantitative estimate of drug-likeness (QED) is 0.801. The Kier molecular flexibility index (Phi) is 4.51. The van der Waals surface area contributed by atoms with Crippen LogP contribution in [0, 0.1) is 17.2 Å². The summed E-state index contributed by atoms with van der Waals surface area (Å²) in [5, 5.41) is 21.8. The first-order chi connectivity index (χ1) is 8.74. The summed E-state index contributed by atoms with van der Waals surface area (Å²) in [7, 11) is 0. The van der Waals surface area contributed by atoms with Gasteiger partial charge in [0.1, 0.15) is 6.07 Å². The van der Waals surface area contributed by atoms with Crippen molar-refractivity contribution in [2.75, 3.05) is 17.6 Å². The highest BCUT2D eigenvalue weighted by Gasteiger charge is 2.26. The maximum atomic E-state index is 9.26. The monoisotopic (exact) mass is 262 g/mol. The highest BCUT2D eigenvalue weighted by atomic mass is 32.2. The van der Waals surface area contributed by atoms with E-state index in [9.17, 15) is 10.4 Å². The Morgan fingerprint density at radius 1 is 1.50 bits per heavy atom. The van der Waals surface area contributed by atoms with Gasteiger partial charge in [-0.2, -0.15) is 5.26 Å². The lowest BCUT2D eigenvalue weighted by atomic mass is 9.82. The molecule has 0 spiro atoms. The summed E-state index contributed by atoms with van der Waals surface area (Å²) in [5.41, 5.74) is 1.65. The van der Waals surface area contributed by atoms with Crippen molar-refractivity contribution in [1.82, 2.24) is 0 Å². The number of hydrogen-bond donors (Lipinski definition) is 2. The zero-order valence-corrected chi connectivity index (χ0v) is 11.3. The van der Waals surface area contributed by atoms with E-state index in [0.717, 1.165) is 41.3 Å². The average Bonchev–Trinajstić information content (AvgIpc) is 2.34. The Morgan fingerprint density at radius 2 is 2.28 bits per heavy atom. The largest absolute Gasteiger partial charge is 0.393 e. The molecule has 4 heteroatoms. The number of thioether (sulfide) groups is 1. The molecule has 0 saturated heterocycles. The number of nitriles is 1. The molecule has 1 aliphatic carbocycles. The first-order valence-electron chi connectivity index (χ1n) is 6.32. The topological polar surface area (TPSA) is 56.0 Å². The smallest absolute Gasteiger partial charge is 0.102 e. The number of nitrogens with zero attached hydrogens (tertiary/aromatic N) is 1. The Labute approximate surface area is 112 Å². The Morgan fingerprint density at radius 3 is 2.89 bits per heavy atom. The van der Waals surface area contributed by atoms with Crippen molar-refractivity contribution in [3.05, 3.63) is 23.8 Å². The van der Waals surface area contributed by atoms with Crippen LogP contribution < -0.4 is 5.32 Å². The van der Waals surface area contributed by atoms with E-state index in [0.29, 0.717) is 5.92 Å². The fourth-order valence-electron chi connectivity index (χ4n) is 2.19. The number of aliphatic hydroxyl groups excluding tert-OH is 1.